The third-order valence-corrected chi connectivity index (χ3v) is 4.38. The number of hydrogen-bond acceptors (Lipinski definition) is 3. The number of hydrogen-bond donors (Lipinski definition) is 1. The first-order valence-corrected chi connectivity index (χ1v) is 7.87. The van der Waals surface area contributed by atoms with Crippen LogP contribution in [0.25, 0.3) is 0 Å². The van der Waals surface area contributed by atoms with E-state index in [1.54, 1.807) is 6.26 Å². The third kappa shape index (κ3) is 3.74. The van der Waals surface area contributed by atoms with Crippen LogP contribution in [0.1, 0.15) is 24.5 Å². The molecule has 3 heteroatoms. The number of nitrogens with zero attached hydrogens (tertiary/aromatic N) is 1. The fraction of sp³-hybridized carbons (Fsp3) is 0.444. The molecule has 0 saturated carbocycles. The fourth-order valence-electron chi connectivity index (χ4n) is 3.18. The summed E-state index contributed by atoms with van der Waals surface area (Å²) in [5, 5.41) is 3.71. The highest BCUT2D eigenvalue weighted by atomic mass is 16.3. The SMILES string of the molecule is CCC1CNC(Cc2ccccc2)CN1Cc1ccoc1. The van der Waals surface area contributed by atoms with Crippen molar-refractivity contribution in [2.45, 2.75) is 38.4 Å². The number of rotatable bonds is 5. The molecule has 0 radical (unpaired) electrons. The fourth-order valence-corrected chi connectivity index (χ4v) is 3.18. The van der Waals surface area contributed by atoms with E-state index in [1.807, 2.05) is 6.26 Å². The molecule has 1 saturated heterocycles. The molecule has 3 rings (SSSR count). The smallest absolute Gasteiger partial charge is 0.0947 e. The minimum Gasteiger partial charge on any atom is -0.472 e. The lowest BCUT2D eigenvalue weighted by atomic mass is 10.00. The molecule has 2 heterocycles. The lowest BCUT2D eigenvalue weighted by Crippen LogP contribution is -2.56. The molecule has 112 valence electrons. The Balaban J connectivity index is 1.63. The molecule has 21 heavy (non-hydrogen) atoms. The van der Waals surface area contributed by atoms with Crippen LogP contribution < -0.4 is 5.32 Å². The van der Waals surface area contributed by atoms with Gasteiger partial charge < -0.3 is 9.73 Å². The summed E-state index contributed by atoms with van der Waals surface area (Å²) in [6.07, 6.45) is 5.91. The number of piperazine rings is 1. The van der Waals surface area contributed by atoms with E-state index in [-0.39, 0.29) is 0 Å². The lowest BCUT2D eigenvalue weighted by molar-refractivity contribution is 0.118. The Morgan fingerprint density at radius 1 is 1.19 bits per heavy atom. The molecule has 1 aliphatic heterocycles. The van der Waals surface area contributed by atoms with Gasteiger partial charge in [-0.1, -0.05) is 37.3 Å². The average molecular weight is 284 g/mol. The second-order valence-corrected chi connectivity index (χ2v) is 5.92. The van der Waals surface area contributed by atoms with Crippen molar-refractivity contribution in [2.75, 3.05) is 13.1 Å². The molecule has 1 aromatic heterocycles. The zero-order valence-electron chi connectivity index (χ0n) is 12.7. The van der Waals surface area contributed by atoms with E-state index < -0.39 is 0 Å². The molecule has 2 aromatic rings. The van der Waals surface area contributed by atoms with Crippen LogP contribution in [0, 0.1) is 0 Å². The van der Waals surface area contributed by atoms with Crippen LogP contribution in [0.15, 0.2) is 53.3 Å². The molecule has 1 aromatic carbocycles. The third-order valence-electron chi connectivity index (χ3n) is 4.38. The second-order valence-electron chi connectivity index (χ2n) is 5.92. The molecule has 3 nitrogen and oxygen atoms in total. The summed E-state index contributed by atoms with van der Waals surface area (Å²) in [5.74, 6) is 0. The highest BCUT2D eigenvalue weighted by molar-refractivity contribution is 5.16. The van der Waals surface area contributed by atoms with Crippen molar-refractivity contribution in [1.82, 2.24) is 10.2 Å². The predicted molar refractivity (Wildman–Crippen MR) is 85.1 cm³/mol. The van der Waals surface area contributed by atoms with E-state index in [0.29, 0.717) is 12.1 Å². The van der Waals surface area contributed by atoms with Crippen LogP contribution in [0.4, 0.5) is 0 Å². The minimum absolute atomic E-state index is 0.530. The van der Waals surface area contributed by atoms with E-state index in [0.717, 1.165) is 26.1 Å². The van der Waals surface area contributed by atoms with Crippen molar-refractivity contribution in [3.05, 3.63) is 60.1 Å². The largest absolute Gasteiger partial charge is 0.472 e. The Morgan fingerprint density at radius 2 is 2.05 bits per heavy atom. The maximum atomic E-state index is 5.21. The van der Waals surface area contributed by atoms with Gasteiger partial charge in [0, 0.05) is 37.3 Å². The van der Waals surface area contributed by atoms with Crippen molar-refractivity contribution in [3.8, 4) is 0 Å². The van der Waals surface area contributed by atoms with E-state index in [1.165, 1.54) is 17.5 Å². The maximum Gasteiger partial charge on any atom is 0.0947 e. The molecular weight excluding hydrogens is 260 g/mol. The van der Waals surface area contributed by atoms with Crippen LogP contribution in [-0.2, 0) is 13.0 Å². The van der Waals surface area contributed by atoms with Gasteiger partial charge in [0.2, 0.25) is 0 Å². The molecular formula is C18H24N2O. The summed E-state index contributed by atoms with van der Waals surface area (Å²) in [4.78, 5) is 2.59. The van der Waals surface area contributed by atoms with Crippen molar-refractivity contribution in [1.29, 1.82) is 0 Å². The molecule has 0 aliphatic carbocycles. The van der Waals surface area contributed by atoms with Crippen LogP contribution in [-0.4, -0.2) is 30.1 Å². The highest BCUT2D eigenvalue weighted by Crippen LogP contribution is 2.17. The molecule has 2 atom stereocenters. The van der Waals surface area contributed by atoms with Gasteiger partial charge in [-0.15, -0.1) is 0 Å². The van der Waals surface area contributed by atoms with E-state index in [2.05, 4.69) is 53.5 Å². The van der Waals surface area contributed by atoms with Crippen LogP contribution in [0.5, 0.6) is 0 Å². The Bertz CT molecular complexity index is 523. The van der Waals surface area contributed by atoms with Gasteiger partial charge in [0.15, 0.2) is 0 Å². The first kappa shape index (κ1) is 14.4. The summed E-state index contributed by atoms with van der Waals surface area (Å²) in [7, 11) is 0. The standard InChI is InChI=1S/C18H24N2O/c1-2-18-11-19-17(10-15-6-4-3-5-7-15)13-20(18)12-16-8-9-21-14-16/h3-9,14,17-19H,2,10-13H2,1H3. The molecule has 0 spiro atoms. The van der Waals surface area contributed by atoms with Gasteiger partial charge in [-0.25, -0.2) is 0 Å². The van der Waals surface area contributed by atoms with Gasteiger partial charge in [-0.3, -0.25) is 4.90 Å². The van der Waals surface area contributed by atoms with Gasteiger partial charge in [0.1, 0.15) is 0 Å². The van der Waals surface area contributed by atoms with Crippen molar-refractivity contribution < 1.29 is 4.42 Å². The zero-order chi connectivity index (χ0) is 14.5. The topological polar surface area (TPSA) is 28.4 Å². The summed E-state index contributed by atoms with van der Waals surface area (Å²) < 4.78 is 5.21. The van der Waals surface area contributed by atoms with Crippen LogP contribution in [0.2, 0.25) is 0 Å². The van der Waals surface area contributed by atoms with Crippen molar-refractivity contribution >= 4 is 0 Å². The van der Waals surface area contributed by atoms with E-state index in [9.17, 15) is 0 Å². The number of benzene rings is 1. The van der Waals surface area contributed by atoms with Crippen LogP contribution >= 0.6 is 0 Å². The molecule has 1 fully saturated rings. The summed E-state index contributed by atoms with van der Waals surface area (Å²) >= 11 is 0. The maximum absolute atomic E-state index is 5.21. The second kappa shape index (κ2) is 6.92. The Hall–Kier alpha value is -1.58. The lowest BCUT2D eigenvalue weighted by Gasteiger charge is -2.40. The van der Waals surface area contributed by atoms with Gasteiger partial charge in [-0.05, 0) is 24.5 Å². The Kier molecular flexibility index (Phi) is 4.73. The van der Waals surface area contributed by atoms with Crippen molar-refractivity contribution in [3.63, 3.8) is 0 Å². The summed E-state index contributed by atoms with van der Waals surface area (Å²) in [5.41, 5.74) is 2.68. The average Bonchev–Trinajstić information content (AvgIpc) is 3.02. The Morgan fingerprint density at radius 3 is 2.76 bits per heavy atom. The minimum atomic E-state index is 0.530. The van der Waals surface area contributed by atoms with Gasteiger partial charge >= 0.3 is 0 Å². The predicted octanol–water partition coefficient (Wildman–Crippen LogP) is 3.07. The van der Waals surface area contributed by atoms with Crippen molar-refractivity contribution in [2.24, 2.45) is 0 Å². The molecule has 2 unspecified atom stereocenters. The number of furan rings is 1. The Labute approximate surface area is 127 Å². The van der Waals surface area contributed by atoms with E-state index in [4.69, 9.17) is 4.42 Å². The first-order valence-electron chi connectivity index (χ1n) is 7.87. The summed E-state index contributed by atoms with van der Waals surface area (Å²) in [6, 6.07) is 14.0. The zero-order valence-corrected chi connectivity index (χ0v) is 12.7. The number of nitrogens with one attached hydrogen (secondary N) is 1. The quantitative estimate of drug-likeness (QED) is 0.914. The molecule has 0 amide bonds. The van der Waals surface area contributed by atoms with Gasteiger partial charge in [-0.2, -0.15) is 0 Å². The van der Waals surface area contributed by atoms with Gasteiger partial charge in [0.25, 0.3) is 0 Å². The monoisotopic (exact) mass is 284 g/mol. The van der Waals surface area contributed by atoms with Gasteiger partial charge in [0.05, 0.1) is 12.5 Å². The molecule has 0 bridgehead atoms. The van der Waals surface area contributed by atoms with E-state index >= 15 is 0 Å². The first-order chi connectivity index (χ1) is 10.3. The summed E-state index contributed by atoms with van der Waals surface area (Å²) in [6.45, 7) is 5.43. The van der Waals surface area contributed by atoms with Crippen LogP contribution in [0.3, 0.4) is 0 Å². The highest BCUT2D eigenvalue weighted by Gasteiger charge is 2.26. The molecule has 1 N–H and O–H groups in total. The molecule has 1 aliphatic rings. The normalized spacial score (nSPS) is 23.3.